The van der Waals surface area contributed by atoms with Crippen molar-refractivity contribution >= 4 is 6.21 Å². The number of hydrogen-bond acceptors (Lipinski definition) is 2. The van der Waals surface area contributed by atoms with E-state index >= 15 is 0 Å². The van der Waals surface area contributed by atoms with Crippen LogP contribution in [0.2, 0.25) is 0 Å². The molecule has 0 saturated carbocycles. The van der Waals surface area contributed by atoms with Gasteiger partial charge in [-0.15, -0.1) is 0 Å². The molecule has 0 bridgehead atoms. The zero-order valence-corrected chi connectivity index (χ0v) is 9.86. The molecule has 1 rings (SSSR count). The lowest BCUT2D eigenvalue weighted by molar-refractivity contribution is 0.473. The summed E-state index contributed by atoms with van der Waals surface area (Å²) in [5.41, 5.74) is 1.84. The van der Waals surface area contributed by atoms with E-state index in [0.29, 0.717) is 11.7 Å². The summed E-state index contributed by atoms with van der Waals surface area (Å²) in [5, 5.41) is 9.65. The van der Waals surface area contributed by atoms with Crippen LogP contribution < -0.4 is 0 Å². The summed E-state index contributed by atoms with van der Waals surface area (Å²) < 4.78 is 0. The third kappa shape index (κ3) is 3.39. The Kier molecular flexibility index (Phi) is 3.89. The molecule has 1 atom stereocenters. The lowest BCUT2D eigenvalue weighted by atomic mass is 10.1. The van der Waals surface area contributed by atoms with Gasteiger partial charge < -0.3 is 5.11 Å². The Balaban J connectivity index is 2.81. The van der Waals surface area contributed by atoms with Gasteiger partial charge in [0, 0.05) is 17.8 Å². The van der Waals surface area contributed by atoms with Crippen molar-refractivity contribution in [1.82, 2.24) is 0 Å². The van der Waals surface area contributed by atoms with Gasteiger partial charge in [0.1, 0.15) is 5.75 Å². The van der Waals surface area contributed by atoms with Crippen LogP contribution in [-0.2, 0) is 0 Å². The van der Waals surface area contributed by atoms with Crippen molar-refractivity contribution < 1.29 is 5.11 Å². The van der Waals surface area contributed by atoms with Gasteiger partial charge in [-0.25, -0.2) is 0 Å². The number of benzene rings is 1. The summed E-state index contributed by atoms with van der Waals surface area (Å²) in [5.74, 6) is 0.823. The predicted octanol–water partition coefficient (Wildman–Crippen LogP) is 3.16. The van der Waals surface area contributed by atoms with E-state index in [4.69, 9.17) is 0 Å². The van der Waals surface area contributed by atoms with Gasteiger partial charge in [0.05, 0.1) is 0 Å². The minimum absolute atomic E-state index is 0.283. The van der Waals surface area contributed by atoms with Crippen LogP contribution in [0.5, 0.6) is 5.75 Å². The molecule has 0 radical (unpaired) electrons. The second-order valence-corrected chi connectivity index (χ2v) is 4.33. The maximum absolute atomic E-state index is 9.65. The van der Waals surface area contributed by atoms with Crippen LogP contribution >= 0.6 is 0 Å². The number of aliphatic imine (C=N–C) groups is 1. The van der Waals surface area contributed by atoms with Crippen LogP contribution in [-0.4, -0.2) is 17.4 Å². The van der Waals surface area contributed by atoms with Crippen molar-refractivity contribution in [2.45, 2.75) is 33.7 Å². The highest BCUT2D eigenvalue weighted by molar-refractivity contribution is 5.83. The number of phenols is 1. The molecule has 0 aliphatic carbocycles. The van der Waals surface area contributed by atoms with Gasteiger partial charge >= 0.3 is 0 Å². The fraction of sp³-hybridized carbons (Fsp3) is 0.462. The van der Waals surface area contributed by atoms with Crippen LogP contribution in [0.3, 0.4) is 0 Å². The molecular formula is C13H19NO. The summed E-state index contributed by atoms with van der Waals surface area (Å²) in [6, 6.07) is 5.90. The number of hydrogen-bond donors (Lipinski definition) is 1. The van der Waals surface area contributed by atoms with E-state index in [-0.39, 0.29) is 6.04 Å². The molecule has 1 unspecified atom stereocenters. The lowest BCUT2D eigenvalue weighted by Crippen LogP contribution is -2.07. The standard InChI is InChI=1S/C13H19NO/c1-9(2)11(4)14-8-12-6-5-10(3)7-13(12)15/h5-9,11,15H,1-4H3. The second kappa shape index (κ2) is 4.96. The van der Waals surface area contributed by atoms with E-state index in [1.807, 2.05) is 19.1 Å². The van der Waals surface area contributed by atoms with Crippen molar-refractivity contribution in [3.8, 4) is 5.75 Å². The molecule has 0 aliphatic heterocycles. The van der Waals surface area contributed by atoms with Crippen molar-refractivity contribution in [3.63, 3.8) is 0 Å². The molecule has 1 N–H and O–H groups in total. The first-order chi connectivity index (χ1) is 7.00. The first-order valence-electron chi connectivity index (χ1n) is 5.33. The fourth-order valence-electron chi connectivity index (χ4n) is 1.13. The maximum Gasteiger partial charge on any atom is 0.124 e. The molecule has 0 fully saturated rings. The summed E-state index contributed by atoms with van der Waals surface area (Å²) in [6.07, 6.45) is 1.75. The van der Waals surface area contributed by atoms with Gasteiger partial charge in [-0.05, 0) is 37.5 Å². The van der Waals surface area contributed by atoms with Crippen molar-refractivity contribution in [2.24, 2.45) is 10.9 Å². The van der Waals surface area contributed by atoms with Crippen molar-refractivity contribution in [3.05, 3.63) is 29.3 Å². The SMILES string of the molecule is Cc1ccc(C=NC(C)C(C)C)c(O)c1. The molecule has 0 aliphatic rings. The Morgan fingerprint density at radius 1 is 1.27 bits per heavy atom. The summed E-state index contributed by atoms with van der Waals surface area (Å²) in [6.45, 7) is 8.30. The average Bonchev–Trinajstić information content (AvgIpc) is 2.15. The van der Waals surface area contributed by atoms with Crippen LogP contribution in [0.25, 0.3) is 0 Å². The van der Waals surface area contributed by atoms with E-state index in [1.165, 1.54) is 0 Å². The Bertz CT molecular complexity index is 356. The average molecular weight is 205 g/mol. The minimum Gasteiger partial charge on any atom is -0.507 e. The van der Waals surface area contributed by atoms with Gasteiger partial charge in [0.2, 0.25) is 0 Å². The highest BCUT2D eigenvalue weighted by Crippen LogP contribution is 2.17. The highest BCUT2D eigenvalue weighted by Gasteiger charge is 2.04. The summed E-state index contributed by atoms with van der Waals surface area (Å²) in [7, 11) is 0. The van der Waals surface area contributed by atoms with E-state index in [9.17, 15) is 5.11 Å². The number of nitrogens with zero attached hydrogens (tertiary/aromatic N) is 1. The predicted molar refractivity (Wildman–Crippen MR) is 64.7 cm³/mol. The fourth-order valence-corrected chi connectivity index (χ4v) is 1.13. The van der Waals surface area contributed by atoms with E-state index in [1.54, 1.807) is 12.3 Å². The first-order valence-corrected chi connectivity index (χ1v) is 5.33. The van der Waals surface area contributed by atoms with Crippen molar-refractivity contribution in [2.75, 3.05) is 0 Å². The molecular weight excluding hydrogens is 186 g/mol. The minimum atomic E-state index is 0.283. The van der Waals surface area contributed by atoms with Gasteiger partial charge in [0.15, 0.2) is 0 Å². The molecule has 0 saturated heterocycles. The molecule has 82 valence electrons. The molecule has 0 heterocycles. The molecule has 1 aromatic rings. The van der Waals surface area contributed by atoms with Crippen LogP contribution in [0.4, 0.5) is 0 Å². The molecule has 15 heavy (non-hydrogen) atoms. The Hall–Kier alpha value is -1.31. The van der Waals surface area contributed by atoms with Gasteiger partial charge in [-0.2, -0.15) is 0 Å². The largest absolute Gasteiger partial charge is 0.507 e. The van der Waals surface area contributed by atoms with Crippen LogP contribution in [0.1, 0.15) is 31.9 Å². The first kappa shape index (κ1) is 11.8. The maximum atomic E-state index is 9.65. The normalized spacial score (nSPS) is 13.7. The number of phenolic OH excluding ortho intramolecular Hbond substituents is 1. The third-order valence-electron chi connectivity index (χ3n) is 2.60. The highest BCUT2D eigenvalue weighted by atomic mass is 16.3. The molecule has 2 nitrogen and oxygen atoms in total. The smallest absolute Gasteiger partial charge is 0.124 e. The Morgan fingerprint density at radius 3 is 2.47 bits per heavy atom. The number of aromatic hydroxyl groups is 1. The number of rotatable bonds is 3. The number of aryl methyl sites for hydroxylation is 1. The van der Waals surface area contributed by atoms with E-state index in [0.717, 1.165) is 11.1 Å². The van der Waals surface area contributed by atoms with Crippen LogP contribution in [0, 0.1) is 12.8 Å². The zero-order valence-electron chi connectivity index (χ0n) is 9.86. The zero-order chi connectivity index (χ0) is 11.4. The third-order valence-corrected chi connectivity index (χ3v) is 2.60. The monoisotopic (exact) mass is 205 g/mol. The lowest BCUT2D eigenvalue weighted by Gasteiger charge is -2.09. The van der Waals surface area contributed by atoms with Gasteiger partial charge in [-0.3, -0.25) is 4.99 Å². The van der Waals surface area contributed by atoms with Crippen LogP contribution in [0.15, 0.2) is 23.2 Å². The Labute approximate surface area is 91.7 Å². The topological polar surface area (TPSA) is 32.6 Å². The van der Waals surface area contributed by atoms with E-state index in [2.05, 4.69) is 25.8 Å². The molecule has 2 heteroatoms. The summed E-state index contributed by atoms with van der Waals surface area (Å²) in [4.78, 5) is 4.40. The van der Waals surface area contributed by atoms with Gasteiger partial charge in [-0.1, -0.05) is 19.9 Å². The quantitative estimate of drug-likeness (QED) is 0.755. The van der Waals surface area contributed by atoms with E-state index < -0.39 is 0 Å². The Morgan fingerprint density at radius 2 is 1.93 bits per heavy atom. The molecule has 1 aromatic carbocycles. The summed E-state index contributed by atoms with van der Waals surface area (Å²) >= 11 is 0. The molecule has 0 spiro atoms. The van der Waals surface area contributed by atoms with Crippen molar-refractivity contribution in [1.29, 1.82) is 0 Å². The van der Waals surface area contributed by atoms with Gasteiger partial charge in [0.25, 0.3) is 0 Å². The molecule has 0 amide bonds. The second-order valence-electron chi connectivity index (χ2n) is 4.33. The molecule has 0 aromatic heterocycles.